The van der Waals surface area contributed by atoms with Crippen LogP contribution in [0.3, 0.4) is 0 Å². The number of imide groups is 1. The third kappa shape index (κ3) is 2.14. The summed E-state index contributed by atoms with van der Waals surface area (Å²) in [6, 6.07) is 9.65. The fraction of sp³-hybridized carbons (Fsp3) is 0.133. The number of fused-ring (bicyclic) bond motifs is 1. The molecule has 1 aliphatic rings. The summed E-state index contributed by atoms with van der Waals surface area (Å²) >= 11 is 0. The van der Waals surface area contributed by atoms with Gasteiger partial charge in [0.25, 0.3) is 5.91 Å². The maximum atomic E-state index is 11.7. The zero-order valence-corrected chi connectivity index (χ0v) is 11.0. The zero-order valence-electron chi connectivity index (χ0n) is 11.0. The third-order valence-electron chi connectivity index (χ3n) is 3.20. The van der Waals surface area contributed by atoms with E-state index in [1.165, 1.54) is 17.9 Å². The van der Waals surface area contributed by atoms with Crippen LogP contribution in [0.2, 0.25) is 0 Å². The van der Waals surface area contributed by atoms with Gasteiger partial charge in [0.15, 0.2) is 0 Å². The lowest BCUT2D eigenvalue weighted by molar-refractivity contribution is -0.138. The number of nitrogens with zero attached hydrogens (tertiary/aromatic N) is 2. The van der Waals surface area contributed by atoms with Gasteiger partial charge in [-0.05, 0) is 12.1 Å². The summed E-state index contributed by atoms with van der Waals surface area (Å²) in [5.41, 5.74) is 2.36. The van der Waals surface area contributed by atoms with Crippen molar-refractivity contribution in [2.24, 2.45) is 0 Å². The van der Waals surface area contributed by atoms with Crippen molar-refractivity contribution in [1.29, 1.82) is 0 Å². The van der Waals surface area contributed by atoms with Crippen molar-refractivity contribution in [3.8, 4) is 0 Å². The molecule has 0 spiro atoms. The molecule has 3 rings (SSSR count). The van der Waals surface area contributed by atoms with E-state index in [1.54, 1.807) is 6.20 Å². The maximum Gasteiger partial charge on any atom is 0.255 e. The first-order chi connectivity index (χ1) is 9.65. The monoisotopic (exact) mass is 267 g/mol. The molecule has 2 heterocycles. The Balaban J connectivity index is 1.90. The van der Waals surface area contributed by atoms with E-state index < -0.39 is 0 Å². The summed E-state index contributed by atoms with van der Waals surface area (Å²) in [6.07, 6.45) is 3.17. The first-order valence-corrected chi connectivity index (χ1v) is 6.28. The van der Waals surface area contributed by atoms with Crippen LogP contribution in [0.4, 0.5) is 5.69 Å². The summed E-state index contributed by atoms with van der Waals surface area (Å²) in [4.78, 5) is 28.5. The molecule has 5 nitrogen and oxygen atoms in total. The number of amides is 2. The number of anilines is 1. The second kappa shape index (κ2) is 4.77. The largest absolute Gasteiger partial charge is 0.355 e. The van der Waals surface area contributed by atoms with Gasteiger partial charge in [-0.3, -0.25) is 19.5 Å². The minimum Gasteiger partial charge on any atom is -0.355 e. The average Bonchev–Trinajstić information content (AvgIpc) is 2.80. The number of benzene rings is 1. The number of para-hydroxylation sites is 1. The van der Waals surface area contributed by atoms with Crippen LogP contribution in [0.5, 0.6) is 0 Å². The van der Waals surface area contributed by atoms with Gasteiger partial charge in [0.1, 0.15) is 0 Å². The van der Waals surface area contributed by atoms with Crippen LogP contribution in [0, 0.1) is 0 Å². The predicted octanol–water partition coefficient (Wildman–Crippen LogP) is 1.92. The Bertz CT molecular complexity index is 731. The minimum atomic E-state index is -0.284. The molecule has 0 saturated heterocycles. The Morgan fingerprint density at radius 2 is 2.10 bits per heavy atom. The molecular weight excluding hydrogens is 254 g/mol. The SMILES string of the molecule is CC(=O)N1CC(Nc2cccc3cccnc23)=CC1=O. The summed E-state index contributed by atoms with van der Waals surface area (Å²) in [6.45, 7) is 1.66. The van der Waals surface area contributed by atoms with Crippen molar-refractivity contribution in [1.82, 2.24) is 9.88 Å². The first-order valence-electron chi connectivity index (χ1n) is 6.28. The number of aromatic nitrogens is 1. The van der Waals surface area contributed by atoms with Gasteiger partial charge in [0.05, 0.1) is 17.7 Å². The number of carbonyl (C=O) groups excluding carboxylic acids is 2. The molecule has 0 aliphatic carbocycles. The molecule has 0 atom stereocenters. The predicted molar refractivity (Wildman–Crippen MR) is 75.8 cm³/mol. The lowest BCUT2D eigenvalue weighted by atomic mass is 10.2. The number of nitrogens with one attached hydrogen (secondary N) is 1. The van der Waals surface area contributed by atoms with E-state index in [4.69, 9.17) is 0 Å². The summed E-state index contributed by atoms with van der Waals surface area (Å²) in [7, 11) is 0. The van der Waals surface area contributed by atoms with Crippen molar-refractivity contribution in [2.75, 3.05) is 11.9 Å². The van der Waals surface area contributed by atoms with Gasteiger partial charge in [-0.15, -0.1) is 0 Å². The van der Waals surface area contributed by atoms with Crippen molar-refractivity contribution < 1.29 is 9.59 Å². The molecule has 5 heteroatoms. The highest BCUT2D eigenvalue weighted by atomic mass is 16.2. The van der Waals surface area contributed by atoms with Crippen molar-refractivity contribution in [3.05, 3.63) is 48.3 Å². The van der Waals surface area contributed by atoms with E-state index in [0.717, 1.165) is 16.6 Å². The van der Waals surface area contributed by atoms with Crippen molar-refractivity contribution in [2.45, 2.75) is 6.92 Å². The van der Waals surface area contributed by atoms with Gasteiger partial charge in [0.2, 0.25) is 5.91 Å². The molecule has 0 saturated carbocycles. The van der Waals surface area contributed by atoms with E-state index in [2.05, 4.69) is 10.3 Å². The van der Waals surface area contributed by atoms with E-state index >= 15 is 0 Å². The van der Waals surface area contributed by atoms with Gasteiger partial charge in [-0.1, -0.05) is 18.2 Å². The topological polar surface area (TPSA) is 62.3 Å². The van der Waals surface area contributed by atoms with Crippen LogP contribution in [0.1, 0.15) is 6.92 Å². The van der Waals surface area contributed by atoms with E-state index in [0.29, 0.717) is 5.70 Å². The van der Waals surface area contributed by atoms with Crippen LogP contribution >= 0.6 is 0 Å². The molecule has 1 N–H and O–H groups in total. The van der Waals surface area contributed by atoms with Crippen LogP contribution in [-0.4, -0.2) is 28.2 Å². The quantitative estimate of drug-likeness (QED) is 0.903. The molecule has 2 amide bonds. The molecule has 1 aromatic heterocycles. The lowest BCUT2D eigenvalue weighted by Gasteiger charge is -2.13. The van der Waals surface area contributed by atoms with Crippen LogP contribution in [0.25, 0.3) is 10.9 Å². The molecule has 0 radical (unpaired) electrons. The molecule has 100 valence electrons. The number of pyridine rings is 1. The van der Waals surface area contributed by atoms with Crippen LogP contribution in [-0.2, 0) is 9.59 Å². The van der Waals surface area contributed by atoms with E-state index in [9.17, 15) is 9.59 Å². The highest BCUT2D eigenvalue weighted by Crippen LogP contribution is 2.23. The minimum absolute atomic E-state index is 0.251. The number of hydrogen-bond donors (Lipinski definition) is 1. The molecule has 1 aromatic carbocycles. The average molecular weight is 267 g/mol. The first kappa shape index (κ1) is 12.3. The van der Waals surface area contributed by atoms with Gasteiger partial charge in [0, 0.05) is 30.3 Å². The lowest BCUT2D eigenvalue weighted by Crippen LogP contribution is -2.31. The Labute approximate surface area is 115 Å². The Morgan fingerprint density at radius 3 is 2.85 bits per heavy atom. The standard InChI is InChI=1S/C15H13N3O2/c1-10(19)18-9-12(8-14(18)20)17-13-6-2-4-11-5-3-7-16-15(11)13/h2-8,17H,9H2,1H3. The summed E-state index contributed by atoms with van der Waals surface area (Å²) in [5.74, 6) is -0.535. The number of carbonyl (C=O) groups is 2. The second-order valence-electron chi connectivity index (χ2n) is 4.62. The molecular formula is C15H13N3O2. The molecule has 1 aliphatic heterocycles. The highest BCUT2D eigenvalue weighted by Gasteiger charge is 2.24. The van der Waals surface area contributed by atoms with Crippen molar-refractivity contribution in [3.63, 3.8) is 0 Å². The molecule has 0 fully saturated rings. The fourth-order valence-corrected chi connectivity index (χ4v) is 2.24. The second-order valence-corrected chi connectivity index (χ2v) is 4.62. The van der Waals surface area contributed by atoms with E-state index in [1.807, 2.05) is 30.3 Å². The van der Waals surface area contributed by atoms with Gasteiger partial charge < -0.3 is 5.32 Å². The van der Waals surface area contributed by atoms with Crippen molar-refractivity contribution >= 4 is 28.4 Å². The molecule has 20 heavy (non-hydrogen) atoms. The molecule has 2 aromatic rings. The Kier molecular flexibility index (Phi) is 2.95. The maximum absolute atomic E-state index is 11.7. The van der Waals surface area contributed by atoms with Crippen LogP contribution < -0.4 is 5.32 Å². The van der Waals surface area contributed by atoms with Gasteiger partial charge in [-0.25, -0.2) is 0 Å². The fourth-order valence-electron chi connectivity index (χ4n) is 2.24. The van der Waals surface area contributed by atoms with E-state index in [-0.39, 0.29) is 18.4 Å². The Morgan fingerprint density at radius 1 is 1.30 bits per heavy atom. The van der Waals surface area contributed by atoms with Crippen LogP contribution in [0.15, 0.2) is 48.3 Å². The van der Waals surface area contributed by atoms with Gasteiger partial charge >= 0.3 is 0 Å². The number of hydrogen-bond acceptors (Lipinski definition) is 4. The smallest absolute Gasteiger partial charge is 0.255 e. The summed E-state index contributed by atoms with van der Waals surface area (Å²) < 4.78 is 0. The molecule has 0 bridgehead atoms. The summed E-state index contributed by atoms with van der Waals surface area (Å²) in [5, 5.41) is 4.20. The highest BCUT2D eigenvalue weighted by molar-refractivity contribution is 6.03. The third-order valence-corrected chi connectivity index (χ3v) is 3.20. The molecule has 0 unspecified atom stereocenters. The normalized spacial score (nSPS) is 14.6. The Hall–Kier alpha value is -2.69. The van der Waals surface area contributed by atoms with Gasteiger partial charge in [-0.2, -0.15) is 0 Å². The number of rotatable bonds is 2. The zero-order chi connectivity index (χ0) is 14.1.